The summed E-state index contributed by atoms with van der Waals surface area (Å²) in [6, 6.07) is 12.5. The molecule has 2 atom stereocenters. The van der Waals surface area contributed by atoms with Crippen LogP contribution in [-0.2, 0) is 0 Å². The van der Waals surface area contributed by atoms with E-state index in [4.69, 9.17) is 4.74 Å². The molecule has 0 fully saturated rings. The lowest BCUT2D eigenvalue weighted by Gasteiger charge is -2.29. The van der Waals surface area contributed by atoms with E-state index in [0.29, 0.717) is 11.3 Å². The van der Waals surface area contributed by atoms with Gasteiger partial charge < -0.3 is 9.84 Å². The fourth-order valence-electron chi connectivity index (χ4n) is 2.42. The van der Waals surface area contributed by atoms with Gasteiger partial charge in [-0.15, -0.1) is 0 Å². The Balaban J connectivity index is 1.91. The summed E-state index contributed by atoms with van der Waals surface area (Å²) >= 11 is 0. The Kier molecular flexibility index (Phi) is 3.24. The molecule has 0 saturated heterocycles. The number of fused-ring (bicyclic) bond motifs is 1. The van der Waals surface area contributed by atoms with Crippen molar-refractivity contribution in [2.45, 2.75) is 6.10 Å². The quantitative estimate of drug-likeness (QED) is 0.855. The number of hydrogen-bond donors (Lipinski definition) is 1. The number of halogens is 1. The highest BCUT2D eigenvalue weighted by molar-refractivity contribution is 5.98. The molecule has 3 rings (SSSR count). The number of carbonyl (C=O) groups excluding carboxylic acids is 1. The van der Waals surface area contributed by atoms with Crippen LogP contribution in [0.25, 0.3) is 0 Å². The lowest BCUT2D eigenvalue weighted by molar-refractivity contribution is 0.0417. The van der Waals surface area contributed by atoms with Crippen LogP contribution < -0.4 is 4.74 Å². The van der Waals surface area contributed by atoms with E-state index in [1.165, 1.54) is 18.2 Å². The number of para-hydroxylation sites is 1. The van der Waals surface area contributed by atoms with Crippen LogP contribution in [0.2, 0.25) is 0 Å². The first-order valence-electron chi connectivity index (χ1n) is 6.36. The summed E-state index contributed by atoms with van der Waals surface area (Å²) < 4.78 is 18.7. The summed E-state index contributed by atoms with van der Waals surface area (Å²) in [6.07, 6.45) is -0.935. The lowest BCUT2D eigenvalue weighted by Crippen LogP contribution is -2.32. The number of rotatable bonds is 2. The molecule has 1 aliphatic rings. The number of hydrogen-bond acceptors (Lipinski definition) is 3. The summed E-state index contributed by atoms with van der Waals surface area (Å²) in [7, 11) is 0. The molecular weight excluding hydrogens is 259 g/mol. The summed E-state index contributed by atoms with van der Waals surface area (Å²) in [6.45, 7) is 0.0908. The van der Waals surface area contributed by atoms with Gasteiger partial charge in [-0.3, -0.25) is 4.79 Å². The van der Waals surface area contributed by atoms with Gasteiger partial charge in [0.25, 0.3) is 0 Å². The van der Waals surface area contributed by atoms with Crippen molar-refractivity contribution in [2.75, 3.05) is 6.61 Å². The standard InChI is InChI=1S/C16H13FO3/c17-11-5-3-4-10(8-11)15(18)13-9-20-14-7-2-1-6-12(14)16(13)19/h1-8,13,16,19H,9H2. The number of carbonyl (C=O) groups is 1. The maximum atomic E-state index is 13.2. The normalized spacial score (nSPS) is 20.9. The van der Waals surface area contributed by atoms with Crippen molar-refractivity contribution >= 4 is 5.78 Å². The molecule has 3 nitrogen and oxygen atoms in total. The topological polar surface area (TPSA) is 46.5 Å². The van der Waals surface area contributed by atoms with Crippen molar-refractivity contribution < 1.29 is 19.0 Å². The molecule has 20 heavy (non-hydrogen) atoms. The summed E-state index contributed by atoms with van der Waals surface area (Å²) in [5.74, 6) is -0.913. The number of Topliss-reactive ketones (excluding diaryl/α,β-unsaturated/α-hetero) is 1. The largest absolute Gasteiger partial charge is 0.492 e. The molecule has 4 heteroatoms. The zero-order chi connectivity index (χ0) is 14.1. The van der Waals surface area contributed by atoms with Crippen molar-refractivity contribution in [1.29, 1.82) is 0 Å². The number of benzene rings is 2. The van der Waals surface area contributed by atoms with E-state index in [0.717, 1.165) is 0 Å². The van der Waals surface area contributed by atoms with Gasteiger partial charge in [0.15, 0.2) is 5.78 Å². The van der Waals surface area contributed by atoms with Crippen molar-refractivity contribution in [1.82, 2.24) is 0 Å². The van der Waals surface area contributed by atoms with Crippen LogP contribution >= 0.6 is 0 Å². The molecule has 2 aromatic carbocycles. The first-order chi connectivity index (χ1) is 9.66. The second kappa shape index (κ2) is 5.06. The molecule has 0 saturated carbocycles. The van der Waals surface area contributed by atoms with E-state index in [1.807, 2.05) is 0 Å². The average Bonchev–Trinajstić information content (AvgIpc) is 2.47. The predicted molar refractivity (Wildman–Crippen MR) is 71.1 cm³/mol. The third kappa shape index (κ3) is 2.18. The number of ketones is 1. The Bertz CT molecular complexity index is 654. The molecule has 1 aliphatic heterocycles. The highest BCUT2D eigenvalue weighted by Gasteiger charge is 2.34. The van der Waals surface area contributed by atoms with Crippen LogP contribution in [0, 0.1) is 11.7 Å². The second-order valence-corrected chi connectivity index (χ2v) is 4.77. The van der Waals surface area contributed by atoms with E-state index in [2.05, 4.69) is 0 Å². The van der Waals surface area contributed by atoms with Crippen molar-refractivity contribution in [3.05, 3.63) is 65.5 Å². The van der Waals surface area contributed by atoms with Gasteiger partial charge in [0.05, 0.1) is 12.0 Å². The number of aliphatic hydroxyl groups excluding tert-OH is 1. The molecule has 1 N–H and O–H groups in total. The minimum atomic E-state index is -0.935. The molecule has 102 valence electrons. The smallest absolute Gasteiger partial charge is 0.172 e. The monoisotopic (exact) mass is 272 g/mol. The van der Waals surface area contributed by atoms with Gasteiger partial charge in [-0.2, -0.15) is 0 Å². The zero-order valence-electron chi connectivity index (χ0n) is 10.6. The van der Waals surface area contributed by atoms with Gasteiger partial charge in [-0.1, -0.05) is 30.3 Å². The minimum absolute atomic E-state index is 0.0908. The Morgan fingerprint density at radius 2 is 2.00 bits per heavy atom. The van der Waals surface area contributed by atoms with Gasteiger partial charge in [0.2, 0.25) is 0 Å². The van der Waals surface area contributed by atoms with E-state index in [9.17, 15) is 14.3 Å². The molecule has 0 radical (unpaired) electrons. The second-order valence-electron chi connectivity index (χ2n) is 4.77. The van der Waals surface area contributed by atoms with Gasteiger partial charge in [0.1, 0.15) is 18.2 Å². The fraction of sp³-hybridized carbons (Fsp3) is 0.188. The first kappa shape index (κ1) is 12.8. The van der Waals surface area contributed by atoms with Gasteiger partial charge in [-0.25, -0.2) is 4.39 Å². The number of aliphatic hydroxyl groups is 1. The van der Waals surface area contributed by atoms with Gasteiger partial charge in [0, 0.05) is 11.1 Å². The Hall–Kier alpha value is -2.20. The highest BCUT2D eigenvalue weighted by Crippen LogP contribution is 2.36. The summed E-state index contributed by atoms with van der Waals surface area (Å²) in [5.41, 5.74) is 0.838. The summed E-state index contributed by atoms with van der Waals surface area (Å²) in [4.78, 5) is 12.4. The highest BCUT2D eigenvalue weighted by atomic mass is 19.1. The molecule has 2 unspecified atom stereocenters. The maximum Gasteiger partial charge on any atom is 0.172 e. The van der Waals surface area contributed by atoms with Crippen LogP contribution in [0.1, 0.15) is 22.0 Å². The molecule has 0 spiro atoms. The fourth-order valence-corrected chi connectivity index (χ4v) is 2.42. The predicted octanol–water partition coefficient (Wildman–Crippen LogP) is 2.75. The average molecular weight is 272 g/mol. The van der Waals surface area contributed by atoms with E-state index in [1.54, 1.807) is 30.3 Å². The van der Waals surface area contributed by atoms with Crippen LogP contribution in [0.4, 0.5) is 4.39 Å². The van der Waals surface area contributed by atoms with Crippen molar-refractivity contribution in [3.63, 3.8) is 0 Å². The molecule has 0 aliphatic carbocycles. The molecule has 2 aromatic rings. The van der Waals surface area contributed by atoms with Crippen molar-refractivity contribution in [3.8, 4) is 5.75 Å². The molecule has 0 bridgehead atoms. The van der Waals surface area contributed by atoms with Crippen LogP contribution in [-0.4, -0.2) is 17.5 Å². The van der Waals surface area contributed by atoms with Crippen molar-refractivity contribution in [2.24, 2.45) is 5.92 Å². The maximum absolute atomic E-state index is 13.2. The Morgan fingerprint density at radius 3 is 2.80 bits per heavy atom. The van der Waals surface area contributed by atoms with E-state index < -0.39 is 17.8 Å². The van der Waals surface area contributed by atoms with Crippen LogP contribution in [0.3, 0.4) is 0 Å². The Morgan fingerprint density at radius 1 is 1.20 bits per heavy atom. The lowest BCUT2D eigenvalue weighted by atomic mass is 9.87. The van der Waals surface area contributed by atoms with Crippen LogP contribution in [0.5, 0.6) is 5.75 Å². The van der Waals surface area contributed by atoms with Gasteiger partial charge >= 0.3 is 0 Å². The molecule has 0 aromatic heterocycles. The first-order valence-corrected chi connectivity index (χ1v) is 6.36. The molecule has 1 heterocycles. The van der Waals surface area contributed by atoms with Crippen LogP contribution in [0.15, 0.2) is 48.5 Å². The zero-order valence-corrected chi connectivity index (χ0v) is 10.6. The molecular formula is C16H13FO3. The third-order valence-electron chi connectivity index (χ3n) is 3.48. The SMILES string of the molecule is O=C(c1cccc(F)c1)C1COc2ccccc2C1O. The number of ether oxygens (including phenoxy) is 1. The van der Waals surface area contributed by atoms with Gasteiger partial charge in [-0.05, 0) is 18.2 Å². The summed E-state index contributed by atoms with van der Waals surface area (Å²) in [5, 5.41) is 10.3. The molecule has 0 amide bonds. The van der Waals surface area contributed by atoms with E-state index in [-0.39, 0.29) is 18.0 Å². The minimum Gasteiger partial charge on any atom is -0.492 e. The Labute approximate surface area is 115 Å². The van der Waals surface area contributed by atoms with E-state index >= 15 is 0 Å². The third-order valence-corrected chi connectivity index (χ3v) is 3.48.